The van der Waals surface area contributed by atoms with Gasteiger partial charge in [-0.2, -0.15) is 0 Å². The molecule has 0 aromatic heterocycles. The van der Waals surface area contributed by atoms with Gasteiger partial charge in [0.2, 0.25) is 5.91 Å². The number of hydrogen-bond donors (Lipinski definition) is 1. The number of fused-ring (bicyclic) bond motifs is 1. The molecule has 21 heavy (non-hydrogen) atoms. The average molecular weight is 289 g/mol. The van der Waals surface area contributed by atoms with Crippen molar-refractivity contribution in [1.82, 2.24) is 15.1 Å². The van der Waals surface area contributed by atoms with Gasteiger partial charge in [0.25, 0.3) is 0 Å². The van der Waals surface area contributed by atoms with Crippen molar-refractivity contribution in [2.24, 2.45) is 0 Å². The van der Waals surface area contributed by atoms with E-state index in [0.717, 1.165) is 13.0 Å². The van der Waals surface area contributed by atoms with Crippen molar-refractivity contribution in [3.63, 3.8) is 0 Å². The van der Waals surface area contributed by atoms with Crippen LogP contribution in [0.2, 0.25) is 0 Å². The lowest BCUT2D eigenvalue weighted by molar-refractivity contribution is -0.174. The molecular formula is C16H23N3O2. The molecule has 2 aliphatic heterocycles. The predicted octanol–water partition coefficient (Wildman–Crippen LogP) is 1.01. The van der Waals surface area contributed by atoms with Gasteiger partial charge in [0.15, 0.2) is 6.35 Å². The highest BCUT2D eigenvalue weighted by atomic mass is 16.5. The van der Waals surface area contributed by atoms with E-state index >= 15 is 0 Å². The Morgan fingerprint density at radius 2 is 2.10 bits per heavy atom. The maximum atomic E-state index is 12.2. The number of nitrogens with one attached hydrogen (secondary N) is 1. The molecule has 3 atom stereocenters. The lowest BCUT2D eigenvalue weighted by Crippen LogP contribution is -2.59. The van der Waals surface area contributed by atoms with Crippen LogP contribution in [0.15, 0.2) is 30.3 Å². The molecule has 0 radical (unpaired) electrons. The second kappa shape index (κ2) is 6.13. The van der Waals surface area contributed by atoms with Crippen molar-refractivity contribution >= 4 is 5.91 Å². The van der Waals surface area contributed by atoms with Crippen LogP contribution in [0.5, 0.6) is 0 Å². The molecule has 1 aromatic carbocycles. The fourth-order valence-corrected chi connectivity index (χ4v) is 3.21. The molecule has 2 heterocycles. The predicted molar refractivity (Wildman–Crippen MR) is 80.4 cm³/mol. The van der Waals surface area contributed by atoms with Gasteiger partial charge in [-0.1, -0.05) is 30.3 Å². The van der Waals surface area contributed by atoms with Gasteiger partial charge < -0.3 is 10.1 Å². The Hall–Kier alpha value is -1.43. The summed E-state index contributed by atoms with van der Waals surface area (Å²) < 4.78 is 6.17. The Labute approximate surface area is 125 Å². The number of ether oxygens (including phenoxy) is 1. The summed E-state index contributed by atoms with van der Waals surface area (Å²) >= 11 is 0. The molecule has 0 spiro atoms. The average Bonchev–Trinajstić information content (AvgIpc) is 2.89. The van der Waals surface area contributed by atoms with Gasteiger partial charge in [-0.15, -0.1) is 0 Å². The molecule has 1 N–H and O–H groups in total. The monoisotopic (exact) mass is 289 g/mol. The zero-order chi connectivity index (χ0) is 14.8. The summed E-state index contributed by atoms with van der Waals surface area (Å²) in [6.45, 7) is 3.52. The van der Waals surface area contributed by atoms with Crippen LogP contribution in [-0.4, -0.2) is 54.5 Å². The number of hydrogen-bond acceptors (Lipinski definition) is 4. The fourth-order valence-electron chi connectivity index (χ4n) is 3.21. The maximum absolute atomic E-state index is 12.2. The molecule has 2 aliphatic rings. The first-order valence-corrected chi connectivity index (χ1v) is 7.58. The largest absolute Gasteiger partial charge is 0.340 e. The van der Waals surface area contributed by atoms with E-state index in [-0.39, 0.29) is 24.4 Å². The third-order valence-electron chi connectivity index (χ3n) is 4.27. The molecular weight excluding hydrogens is 266 g/mol. The zero-order valence-electron chi connectivity index (χ0n) is 12.7. The number of rotatable bonds is 4. The van der Waals surface area contributed by atoms with Gasteiger partial charge in [-0.25, -0.2) is 0 Å². The van der Waals surface area contributed by atoms with Gasteiger partial charge in [0, 0.05) is 25.4 Å². The normalized spacial score (nSPS) is 29.7. The maximum Gasteiger partial charge on any atom is 0.228 e. The van der Waals surface area contributed by atoms with E-state index in [0.29, 0.717) is 13.1 Å². The molecule has 0 bridgehead atoms. The number of amides is 1. The number of nitrogens with zero attached hydrogens (tertiary/aromatic N) is 2. The lowest BCUT2D eigenvalue weighted by Gasteiger charge is -2.41. The summed E-state index contributed by atoms with van der Waals surface area (Å²) in [5.74, 6) is 0.165. The second-order valence-electron chi connectivity index (χ2n) is 5.90. The van der Waals surface area contributed by atoms with Gasteiger partial charge >= 0.3 is 0 Å². The van der Waals surface area contributed by atoms with Crippen LogP contribution in [0.4, 0.5) is 0 Å². The van der Waals surface area contributed by atoms with Crippen LogP contribution in [0.1, 0.15) is 18.9 Å². The summed E-state index contributed by atoms with van der Waals surface area (Å²) in [4.78, 5) is 16.3. The minimum absolute atomic E-state index is 0.144. The van der Waals surface area contributed by atoms with E-state index in [1.54, 1.807) is 4.90 Å². The van der Waals surface area contributed by atoms with Crippen LogP contribution in [0.25, 0.3) is 0 Å². The fraction of sp³-hybridized carbons (Fsp3) is 0.562. The summed E-state index contributed by atoms with van der Waals surface area (Å²) in [6, 6.07) is 10.6. The summed E-state index contributed by atoms with van der Waals surface area (Å²) in [5, 5.41) is 3.06. The van der Waals surface area contributed by atoms with Crippen molar-refractivity contribution in [1.29, 1.82) is 0 Å². The molecule has 5 nitrogen and oxygen atoms in total. The van der Waals surface area contributed by atoms with Crippen molar-refractivity contribution in [2.45, 2.75) is 38.3 Å². The highest BCUT2D eigenvalue weighted by Gasteiger charge is 2.45. The van der Waals surface area contributed by atoms with E-state index in [1.807, 2.05) is 13.1 Å². The quantitative estimate of drug-likeness (QED) is 0.898. The first-order valence-electron chi connectivity index (χ1n) is 7.58. The second-order valence-corrected chi connectivity index (χ2v) is 5.90. The molecule has 3 unspecified atom stereocenters. The van der Waals surface area contributed by atoms with Crippen LogP contribution in [0, 0.1) is 0 Å². The van der Waals surface area contributed by atoms with E-state index in [1.165, 1.54) is 5.56 Å². The Morgan fingerprint density at radius 1 is 1.33 bits per heavy atom. The van der Waals surface area contributed by atoms with Crippen LogP contribution in [0.3, 0.4) is 0 Å². The summed E-state index contributed by atoms with van der Waals surface area (Å²) in [6.07, 6.45) is 1.38. The Kier molecular flexibility index (Phi) is 4.24. The van der Waals surface area contributed by atoms with E-state index < -0.39 is 0 Å². The molecule has 114 valence electrons. The third kappa shape index (κ3) is 2.95. The van der Waals surface area contributed by atoms with Crippen molar-refractivity contribution in [3.05, 3.63) is 35.9 Å². The summed E-state index contributed by atoms with van der Waals surface area (Å²) in [5.41, 5.74) is 1.28. The third-order valence-corrected chi connectivity index (χ3v) is 4.27. The van der Waals surface area contributed by atoms with Crippen LogP contribution >= 0.6 is 0 Å². The minimum Gasteiger partial charge on any atom is -0.340 e. The van der Waals surface area contributed by atoms with Crippen molar-refractivity contribution < 1.29 is 9.53 Å². The Balaban J connectivity index is 1.71. The Morgan fingerprint density at radius 3 is 2.81 bits per heavy atom. The first kappa shape index (κ1) is 14.5. The standard InChI is InChI=1S/C16H23N3O2/c1-12-8-15(20)19(11-17-2)16-18(12)10-14(21-16)9-13-6-4-3-5-7-13/h3-7,12,14,16-17H,8-11H2,1-2H3. The molecule has 0 saturated carbocycles. The van der Waals surface area contributed by atoms with Crippen molar-refractivity contribution in [3.8, 4) is 0 Å². The molecule has 5 heteroatoms. The van der Waals surface area contributed by atoms with Crippen molar-refractivity contribution in [2.75, 3.05) is 20.3 Å². The highest BCUT2D eigenvalue weighted by Crippen LogP contribution is 2.29. The molecule has 2 fully saturated rings. The van der Waals surface area contributed by atoms with Gasteiger partial charge in [-0.05, 0) is 19.5 Å². The SMILES string of the molecule is CNCN1C(=O)CC(C)N2CC(Cc3ccccc3)OC12. The van der Waals surface area contributed by atoms with E-state index in [9.17, 15) is 4.79 Å². The number of carbonyl (C=O) groups is 1. The topological polar surface area (TPSA) is 44.8 Å². The smallest absolute Gasteiger partial charge is 0.228 e. The molecule has 2 saturated heterocycles. The number of carbonyl (C=O) groups excluding carboxylic acids is 1. The molecule has 3 rings (SSSR count). The van der Waals surface area contributed by atoms with E-state index in [4.69, 9.17) is 4.74 Å². The van der Waals surface area contributed by atoms with Gasteiger partial charge in [0.1, 0.15) is 0 Å². The molecule has 1 amide bonds. The number of benzene rings is 1. The minimum atomic E-state index is -0.220. The molecule has 0 aliphatic carbocycles. The van der Waals surface area contributed by atoms with Crippen LogP contribution in [-0.2, 0) is 16.0 Å². The molecule has 1 aromatic rings. The van der Waals surface area contributed by atoms with E-state index in [2.05, 4.69) is 41.4 Å². The van der Waals surface area contributed by atoms with Gasteiger partial charge in [-0.3, -0.25) is 14.6 Å². The van der Waals surface area contributed by atoms with Gasteiger partial charge in [0.05, 0.1) is 12.8 Å². The lowest BCUT2D eigenvalue weighted by atomic mass is 10.1. The zero-order valence-corrected chi connectivity index (χ0v) is 12.7. The summed E-state index contributed by atoms with van der Waals surface area (Å²) in [7, 11) is 1.85. The Bertz CT molecular complexity index is 494. The van der Waals surface area contributed by atoms with Crippen LogP contribution < -0.4 is 5.32 Å². The highest BCUT2D eigenvalue weighted by molar-refractivity contribution is 5.77. The first-order chi connectivity index (χ1) is 10.2.